The Morgan fingerprint density at radius 3 is 2.38 bits per heavy atom. The van der Waals surface area contributed by atoms with E-state index in [0.717, 1.165) is 11.3 Å². The minimum absolute atomic E-state index is 0.228. The van der Waals surface area contributed by atoms with Crippen molar-refractivity contribution in [2.75, 3.05) is 19.9 Å². The molecular weight excluding hydrogens is 282 g/mol. The molecule has 0 saturated carbocycles. The SMILES string of the molecule is CNC(CCSC(C)C(C)C)(C(=O)OC)c1ccccc1. The number of thioether (sulfide) groups is 1. The first-order valence-corrected chi connectivity index (χ1v) is 8.47. The molecule has 0 amide bonds. The highest BCUT2D eigenvalue weighted by atomic mass is 32.2. The van der Waals surface area contributed by atoms with Crippen LogP contribution in [0.25, 0.3) is 0 Å². The zero-order valence-electron chi connectivity index (χ0n) is 13.7. The predicted molar refractivity (Wildman–Crippen MR) is 90.6 cm³/mol. The lowest BCUT2D eigenvalue weighted by molar-refractivity contribution is -0.149. The molecule has 0 heterocycles. The van der Waals surface area contributed by atoms with Crippen molar-refractivity contribution in [3.05, 3.63) is 35.9 Å². The van der Waals surface area contributed by atoms with E-state index in [9.17, 15) is 4.79 Å². The van der Waals surface area contributed by atoms with Gasteiger partial charge in [0.2, 0.25) is 0 Å². The Morgan fingerprint density at radius 1 is 1.29 bits per heavy atom. The van der Waals surface area contributed by atoms with Crippen molar-refractivity contribution in [1.29, 1.82) is 0 Å². The van der Waals surface area contributed by atoms with Gasteiger partial charge in [-0.2, -0.15) is 11.8 Å². The van der Waals surface area contributed by atoms with Gasteiger partial charge in [-0.15, -0.1) is 0 Å². The smallest absolute Gasteiger partial charge is 0.330 e. The number of nitrogens with one attached hydrogen (secondary N) is 1. The molecule has 0 spiro atoms. The molecule has 1 N–H and O–H groups in total. The maximum absolute atomic E-state index is 12.4. The molecule has 0 radical (unpaired) electrons. The molecule has 21 heavy (non-hydrogen) atoms. The lowest BCUT2D eigenvalue weighted by Crippen LogP contribution is -2.48. The summed E-state index contributed by atoms with van der Waals surface area (Å²) in [6.45, 7) is 6.68. The summed E-state index contributed by atoms with van der Waals surface area (Å²) in [4.78, 5) is 12.4. The van der Waals surface area contributed by atoms with Crippen LogP contribution in [0, 0.1) is 5.92 Å². The van der Waals surface area contributed by atoms with Crippen molar-refractivity contribution >= 4 is 17.7 Å². The summed E-state index contributed by atoms with van der Waals surface area (Å²) >= 11 is 1.90. The fourth-order valence-electron chi connectivity index (χ4n) is 2.22. The summed E-state index contributed by atoms with van der Waals surface area (Å²) in [7, 11) is 3.27. The number of carbonyl (C=O) groups is 1. The molecule has 1 aromatic carbocycles. The average molecular weight is 309 g/mol. The molecule has 0 fully saturated rings. The summed E-state index contributed by atoms with van der Waals surface area (Å²) in [6.07, 6.45) is 0.710. The summed E-state index contributed by atoms with van der Waals surface area (Å²) in [6, 6.07) is 9.81. The number of methoxy groups -OCH3 is 1. The van der Waals surface area contributed by atoms with Gasteiger partial charge in [0.1, 0.15) is 5.54 Å². The molecule has 0 aliphatic rings. The highest BCUT2D eigenvalue weighted by Gasteiger charge is 2.39. The van der Waals surface area contributed by atoms with Crippen molar-refractivity contribution in [2.24, 2.45) is 5.92 Å². The van der Waals surface area contributed by atoms with Crippen LogP contribution in [0.2, 0.25) is 0 Å². The molecule has 3 nitrogen and oxygen atoms in total. The van der Waals surface area contributed by atoms with Crippen molar-refractivity contribution in [1.82, 2.24) is 5.32 Å². The summed E-state index contributed by atoms with van der Waals surface area (Å²) in [5.41, 5.74) is 0.192. The van der Waals surface area contributed by atoms with Crippen LogP contribution in [-0.2, 0) is 15.1 Å². The molecule has 4 heteroatoms. The van der Waals surface area contributed by atoms with Gasteiger partial charge in [0.05, 0.1) is 7.11 Å². The average Bonchev–Trinajstić information content (AvgIpc) is 2.51. The van der Waals surface area contributed by atoms with Gasteiger partial charge in [-0.3, -0.25) is 0 Å². The van der Waals surface area contributed by atoms with E-state index in [1.807, 2.05) is 49.1 Å². The largest absolute Gasteiger partial charge is 0.467 e. The van der Waals surface area contributed by atoms with E-state index in [2.05, 4.69) is 26.1 Å². The number of likely N-dealkylation sites (N-methyl/N-ethyl adjacent to an activating group) is 1. The number of esters is 1. The maximum atomic E-state index is 12.4. The Kier molecular flexibility index (Phi) is 7.26. The van der Waals surface area contributed by atoms with Crippen LogP contribution in [0.1, 0.15) is 32.8 Å². The second-order valence-corrected chi connectivity index (χ2v) is 7.07. The number of benzene rings is 1. The molecule has 0 bridgehead atoms. The molecule has 0 aliphatic heterocycles. The first-order valence-electron chi connectivity index (χ1n) is 7.42. The van der Waals surface area contributed by atoms with Crippen molar-refractivity contribution in [2.45, 2.75) is 38.0 Å². The third kappa shape index (κ3) is 4.48. The normalized spacial score (nSPS) is 15.5. The lowest BCUT2D eigenvalue weighted by Gasteiger charge is -2.31. The third-order valence-electron chi connectivity index (χ3n) is 4.02. The Bertz CT molecular complexity index is 436. The molecule has 1 rings (SSSR count). The molecule has 2 atom stereocenters. The fraction of sp³-hybridized carbons (Fsp3) is 0.588. The first-order chi connectivity index (χ1) is 9.97. The van der Waals surface area contributed by atoms with Gasteiger partial charge in [0, 0.05) is 5.25 Å². The maximum Gasteiger partial charge on any atom is 0.330 e. The van der Waals surface area contributed by atoms with Gasteiger partial charge in [0.25, 0.3) is 0 Å². The van der Waals surface area contributed by atoms with Gasteiger partial charge in [-0.05, 0) is 30.7 Å². The molecule has 0 saturated heterocycles. The van der Waals surface area contributed by atoms with Gasteiger partial charge in [-0.1, -0.05) is 51.1 Å². The fourth-order valence-corrected chi connectivity index (χ4v) is 3.40. The van der Waals surface area contributed by atoms with Crippen LogP contribution in [0.4, 0.5) is 0 Å². The van der Waals surface area contributed by atoms with Crippen LogP contribution >= 0.6 is 11.8 Å². The van der Waals surface area contributed by atoms with Crippen molar-refractivity contribution < 1.29 is 9.53 Å². The predicted octanol–water partition coefficient (Wildman–Crippen LogP) is 3.44. The second kappa shape index (κ2) is 8.44. The Hall–Kier alpha value is -1.00. The van der Waals surface area contributed by atoms with E-state index in [1.165, 1.54) is 7.11 Å². The summed E-state index contributed by atoms with van der Waals surface area (Å²) < 4.78 is 5.06. The van der Waals surface area contributed by atoms with Crippen LogP contribution in [0.5, 0.6) is 0 Å². The monoisotopic (exact) mass is 309 g/mol. The quantitative estimate of drug-likeness (QED) is 0.747. The van der Waals surface area contributed by atoms with Crippen molar-refractivity contribution in [3.8, 4) is 0 Å². The zero-order valence-corrected chi connectivity index (χ0v) is 14.5. The standard InChI is InChI=1S/C17H27NO2S/c1-13(2)14(3)21-12-11-17(18-4,16(19)20-5)15-9-7-6-8-10-15/h6-10,13-14,18H,11-12H2,1-5H3. The highest BCUT2D eigenvalue weighted by Crippen LogP contribution is 2.30. The lowest BCUT2D eigenvalue weighted by atomic mass is 9.87. The minimum atomic E-state index is -0.764. The Morgan fingerprint density at radius 2 is 1.90 bits per heavy atom. The topological polar surface area (TPSA) is 38.3 Å². The minimum Gasteiger partial charge on any atom is -0.467 e. The summed E-state index contributed by atoms with van der Waals surface area (Å²) in [5.74, 6) is 1.31. The number of ether oxygens (including phenoxy) is 1. The highest BCUT2D eigenvalue weighted by molar-refractivity contribution is 7.99. The zero-order chi connectivity index (χ0) is 15.9. The second-order valence-electron chi connectivity index (χ2n) is 5.58. The van der Waals surface area contributed by atoms with Crippen molar-refractivity contribution in [3.63, 3.8) is 0 Å². The molecule has 0 aliphatic carbocycles. The van der Waals surface area contributed by atoms with Crippen LogP contribution in [-0.4, -0.2) is 31.1 Å². The number of hydrogen-bond acceptors (Lipinski definition) is 4. The Balaban J connectivity index is 2.90. The third-order valence-corrected chi connectivity index (χ3v) is 5.53. The van der Waals surface area contributed by atoms with Crippen LogP contribution < -0.4 is 5.32 Å². The molecule has 2 unspecified atom stereocenters. The Labute approximate surface area is 132 Å². The van der Waals surface area contributed by atoms with E-state index in [-0.39, 0.29) is 5.97 Å². The van der Waals surface area contributed by atoms with Crippen LogP contribution in [0.3, 0.4) is 0 Å². The van der Waals surface area contributed by atoms with Gasteiger partial charge in [-0.25, -0.2) is 4.79 Å². The van der Waals surface area contributed by atoms with Gasteiger partial charge in [0.15, 0.2) is 0 Å². The van der Waals surface area contributed by atoms with Gasteiger partial charge >= 0.3 is 5.97 Å². The first kappa shape index (κ1) is 18.1. The number of hydrogen-bond donors (Lipinski definition) is 1. The van der Waals surface area contributed by atoms with E-state index in [4.69, 9.17) is 4.74 Å². The van der Waals surface area contributed by atoms with E-state index < -0.39 is 5.54 Å². The van der Waals surface area contributed by atoms with E-state index >= 15 is 0 Å². The molecule has 0 aromatic heterocycles. The number of rotatable bonds is 8. The van der Waals surface area contributed by atoms with Crippen LogP contribution in [0.15, 0.2) is 30.3 Å². The van der Waals surface area contributed by atoms with Gasteiger partial charge < -0.3 is 10.1 Å². The van der Waals surface area contributed by atoms with E-state index in [0.29, 0.717) is 17.6 Å². The molecule has 1 aromatic rings. The summed E-state index contributed by atoms with van der Waals surface area (Å²) in [5, 5.41) is 3.77. The molecular formula is C17H27NO2S. The number of carbonyl (C=O) groups excluding carboxylic acids is 1. The van der Waals surface area contributed by atoms with E-state index in [1.54, 1.807) is 0 Å². The molecule has 118 valence electrons.